The molecule has 0 atom stereocenters. The Balaban J connectivity index is 2.65. The lowest BCUT2D eigenvalue weighted by atomic mass is 10.1. The fraction of sp³-hybridized carbons (Fsp3) is 0.143. The Hall–Kier alpha value is -2.56. The molecule has 0 bridgehead atoms. The van der Waals surface area contributed by atoms with Gasteiger partial charge >= 0.3 is 0 Å². The molecule has 2 rings (SSSR count). The number of anilines is 1. The second-order valence-electron chi connectivity index (χ2n) is 3.78. The van der Waals surface area contributed by atoms with Crippen LogP contribution in [0.25, 0.3) is 10.9 Å². The van der Waals surface area contributed by atoms with E-state index in [1.807, 2.05) is 0 Å². The van der Waals surface area contributed by atoms with Gasteiger partial charge in [-0.1, -0.05) is 6.58 Å². The molecule has 0 spiro atoms. The largest absolute Gasteiger partial charge is 0.497 e. The van der Waals surface area contributed by atoms with Gasteiger partial charge in [-0.05, 0) is 12.1 Å². The molecular formula is C14H14N2O3. The third-order valence-corrected chi connectivity index (χ3v) is 2.68. The summed E-state index contributed by atoms with van der Waals surface area (Å²) in [6, 6.07) is 5.23. The summed E-state index contributed by atoms with van der Waals surface area (Å²) >= 11 is 0. The molecule has 2 aromatic rings. The van der Waals surface area contributed by atoms with Crippen molar-refractivity contribution in [3.8, 4) is 11.5 Å². The molecule has 0 fully saturated rings. The summed E-state index contributed by atoms with van der Waals surface area (Å²) in [6.45, 7) is 3.43. The molecule has 5 heteroatoms. The topological polar surface area (TPSA) is 60.5 Å². The molecule has 1 heterocycles. The van der Waals surface area contributed by atoms with E-state index in [0.29, 0.717) is 22.7 Å². The zero-order valence-electron chi connectivity index (χ0n) is 10.8. The van der Waals surface area contributed by atoms with Crippen molar-refractivity contribution in [2.24, 2.45) is 0 Å². The molecular weight excluding hydrogens is 244 g/mol. The molecule has 98 valence electrons. The van der Waals surface area contributed by atoms with E-state index in [4.69, 9.17) is 9.47 Å². The highest BCUT2D eigenvalue weighted by atomic mass is 16.5. The van der Waals surface area contributed by atoms with Gasteiger partial charge in [-0.3, -0.25) is 9.78 Å². The lowest BCUT2D eigenvalue weighted by Gasteiger charge is -2.12. The van der Waals surface area contributed by atoms with Crippen LogP contribution in [0.5, 0.6) is 11.5 Å². The highest BCUT2D eigenvalue weighted by Gasteiger charge is 2.11. The predicted molar refractivity (Wildman–Crippen MR) is 73.7 cm³/mol. The predicted octanol–water partition coefficient (Wildman–Crippen LogP) is 2.38. The third-order valence-electron chi connectivity index (χ3n) is 2.68. The Morgan fingerprint density at radius 1 is 1.37 bits per heavy atom. The number of rotatable bonds is 4. The van der Waals surface area contributed by atoms with Crippen LogP contribution in [-0.4, -0.2) is 25.1 Å². The van der Waals surface area contributed by atoms with Gasteiger partial charge in [0.2, 0.25) is 5.91 Å². The second-order valence-corrected chi connectivity index (χ2v) is 3.78. The van der Waals surface area contributed by atoms with E-state index in [2.05, 4.69) is 16.9 Å². The molecule has 0 aliphatic carbocycles. The number of ether oxygens (including phenoxy) is 2. The molecule has 0 saturated heterocycles. The van der Waals surface area contributed by atoms with Crippen LogP contribution in [0.3, 0.4) is 0 Å². The van der Waals surface area contributed by atoms with Gasteiger partial charge in [0.25, 0.3) is 0 Å². The van der Waals surface area contributed by atoms with Crippen molar-refractivity contribution in [2.45, 2.75) is 0 Å². The number of nitrogens with zero attached hydrogens (tertiary/aromatic N) is 1. The highest BCUT2D eigenvalue weighted by molar-refractivity contribution is 6.07. The first-order valence-electron chi connectivity index (χ1n) is 5.63. The standard InChI is InChI=1S/C14H14N2O3/c1-4-13(17)16-10-5-6-15-11-7-9(18-2)8-12(19-3)14(10)11/h4-8H,1H2,2-3H3,(H,15,16,17). The van der Waals surface area contributed by atoms with Crippen LogP contribution in [-0.2, 0) is 4.79 Å². The minimum Gasteiger partial charge on any atom is -0.497 e. The van der Waals surface area contributed by atoms with Crippen molar-refractivity contribution < 1.29 is 14.3 Å². The fourth-order valence-corrected chi connectivity index (χ4v) is 1.79. The van der Waals surface area contributed by atoms with E-state index in [1.54, 1.807) is 38.6 Å². The summed E-state index contributed by atoms with van der Waals surface area (Å²) in [5.41, 5.74) is 1.30. The number of fused-ring (bicyclic) bond motifs is 1. The third kappa shape index (κ3) is 2.49. The van der Waals surface area contributed by atoms with Gasteiger partial charge in [0, 0.05) is 18.3 Å². The fourth-order valence-electron chi connectivity index (χ4n) is 1.79. The number of hydrogen-bond acceptors (Lipinski definition) is 4. The average molecular weight is 258 g/mol. The van der Waals surface area contributed by atoms with Crippen LogP contribution < -0.4 is 14.8 Å². The first kappa shape index (κ1) is 12.9. The molecule has 1 amide bonds. The van der Waals surface area contributed by atoms with Crippen molar-refractivity contribution in [3.63, 3.8) is 0 Å². The highest BCUT2D eigenvalue weighted by Crippen LogP contribution is 2.34. The minimum absolute atomic E-state index is 0.287. The monoisotopic (exact) mass is 258 g/mol. The molecule has 0 radical (unpaired) electrons. The zero-order chi connectivity index (χ0) is 13.8. The first-order valence-corrected chi connectivity index (χ1v) is 5.63. The number of hydrogen-bond donors (Lipinski definition) is 1. The van der Waals surface area contributed by atoms with Crippen LogP contribution >= 0.6 is 0 Å². The SMILES string of the molecule is C=CC(=O)Nc1ccnc2cc(OC)cc(OC)c12. The molecule has 0 saturated carbocycles. The van der Waals surface area contributed by atoms with E-state index in [-0.39, 0.29) is 5.91 Å². The Morgan fingerprint density at radius 3 is 2.79 bits per heavy atom. The van der Waals surface area contributed by atoms with Crippen LogP contribution in [0.2, 0.25) is 0 Å². The van der Waals surface area contributed by atoms with Crippen LogP contribution in [0.15, 0.2) is 37.1 Å². The smallest absolute Gasteiger partial charge is 0.247 e. The maximum Gasteiger partial charge on any atom is 0.247 e. The van der Waals surface area contributed by atoms with Gasteiger partial charge in [-0.15, -0.1) is 0 Å². The van der Waals surface area contributed by atoms with Crippen LogP contribution in [0, 0.1) is 0 Å². The maximum absolute atomic E-state index is 11.4. The summed E-state index contributed by atoms with van der Waals surface area (Å²) in [6.07, 6.45) is 2.82. The Bertz CT molecular complexity index is 638. The molecule has 1 aromatic heterocycles. The minimum atomic E-state index is -0.287. The molecule has 0 aliphatic heterocycles. The van der Waals surface area contributed by atoms with E-state index in [9.17, 15) is 4.79 Å². The van der Waals surface area contributed by atoms with Crippen LogP contribution in [0.4, 0.5) is 5.69 Å². The molecule has 1 N–H and O–H groups in total. The average Bonchev–Trinajstić information content (AvgIpc) is 2.45. The molecule has 5 nitrogen and oxygen atoms in total. The quantitative estimate of drug-likeness (QED) is 0.855. The Kier molecular flexibility index (Phi) is 3.66. The number of pyridine rings is 1. The lowest BCUT2D eigenvalue weighted by Crippen LogP contribution is -2.08. The van der Waals surface area contributed by atoms with E-state index >= 15 is 0 Å². The summed E-state index contributed by atoms with van der Waals surface area (Å²) < 4.78 is 10.5. The van der Waals surface area contributed by atoms with Gasteiger partial charge in [-0.2, -0.15) is 0 Å². The number of aromatic nitrogens is 1. The normalized spacial score (nSPS) is 10.0. The second kappa shape index (κ2) is 5.39. The number of carbonyl (C=O) groups is 1. The number of amides is 1. The first-order chi connectivity index (χ1) is 9.19. The van der Waals surface area contributed by atoms with Gasteiger partial charge in [0.15, 0.2) is 0 Å². The van der Waals surface area contributed by atoms with Crippen molar-refractivity contribution in [3.05, 3.63) is 37.1 Å². The number of benzene rings is 1. The Labute approximate surface area is 110 Å². The maximum atomic E-state index is 11.4. The molecule has 1 aromatic carbocycles. The van der Waals surface area contributed by atoms with Gasteiger partial charge < -0.3 is 14.8 Å². The molecule has 0 unspecified atom stereocenters. The van der Waals surface area contributed by atoms with E-state index in [1.165, 1.54) is 6.08 Å². The van der Waals surface area contributed by atoms with Crippen LogP contribution in [0.1, 0.15) is 0 Å². The van der Waals surface area contributed by atoms with Gasteiger partial charge in [-0.25, -0.2) is 0 Å². The lowest BCUT2D eigenvalue weighted by molar-refractivity contribution is -0.111. The molecule has 0 aliphatic rings. The summed E-state index contributed by atoms with van der Waals surface area (Å²) in [5, 5.41) is 3.45. The van der Waals surface area contributed by atoms with E-state index < -0.39 is 0 Å². The number of methoxy groups -OCH3 is 2. The zero-order valence-corrected chi connectivity index (χ0v) is 10.8. The van der Waals surface area contributed by atoms with Crippen molar-refractivity contribution in [1.29, 1.82) is 0 Å². The van der Waals surface area contributed by atoms with Gasteiger partial charge in [0.1, 0.15) is 11.5 Å². The van der Waals surface area contributed by atoms with Crippen molar-refractivity contribution in [2.75, 3.05) is 19.5 Å². The van der Waals surface area contributed by atoms with Crippen molar-refractivity contribution >= 4 is 22.5 Å². The number of nitrogens with one attached hydrogen (secondary N) is 1. The summed E-state index contributed by atoms with van der Waals surface area (Å²) in [5.74, 6) is 0.941. The molecule has 19 heavy (non-hydrogen) atoms. The van der Waals surface area contributed by atoms with Crippen molar-refractivity contribution in [1.82, 2.24) is 4.98 Å². The summed E-state index contributed by atoms with van der Waals surface area (Å²) in [7, 11) is 3.13. The summed E-state index contributed by atoms with van der Waals surface area (Å²) in [4.78, 5) is 15.7. The Morgan fingerprint density at radius 2 is 2.16 bits per heavy atom. The van der Waals surface area contributed by atoms with Gasteiger partial charge in [0.05, 0.1) is 30.8 Å². The van der Waals surface area contributed by atoms with E-state index in [0.717, 1.165) is 5.39 Å². The number of carbonyl (C=O) groups excluding carboxylic acids is 1.